The van der Waals surface area contributed by atoms with E-state index in [0.29, 0.717) is 18.2 Å². The van der Waals surface area contributed by atoms with Gasteiger partial charge in [-0.25, -0.2) is 10.1 Å². The number of nitrogens with zero attached hydrogens (tertiary/aromatic N) is 4. The molecule has 0 unspecified atom stereocenters. The van der Waals surface area contributed by atoms with Gasteiger partial charge < -0.3 is 9.47 Å². The van der Waals surface area contributed by atoms with E-state index in [4.69, 9.17) is 21.1 Å². The average Bonchev–Trinajstić information content (AvgIpc) is 3.23. The maximum absolute atomic E-state index is 6.01. The van der Waals surface area contributed by atoms with Gasteiger partial charge in [0, 0.05) is 22.9 Å². The Morgan fingerprint density at radius 2 is 1.86 bits per heavy atom. The molecule has 1 N–H and O–H groups in total. The Balaban J connectivity index is 1.31. The average molecular weight is 396 g/mol. The standard InChI is InChI=1S/C20H18ClN5O2/c21-15-7-9-19-14(11-15)6-8-16(22-19)13-28-18-4-1-3-17(12-18)27-10-2-5-20-23-25-26-24-20/h1,3-4,6-9,11-12H,2,5,10,13H2,(H,23,24,25,26). The Hall–Kier alpha value is -3.19. The minimum atomic E-state index is 0.376. The van der Waals surface area contributed by atoms with E-state index < -0.39 is 0 Å². The second kappa shape index (κ2) is 8.67. The van der Waals surface area contributed by atoms with Crippen LogP contribution in [0, 0.1) is 0 Å². The summed E-state index contributed by atoms with van der Waals surface area (Å²) in [6.45, 7) is 0.944. The van der Waals surface area contributed by atoms with Crippen molar-refractivity contribution in [2.45, 2.75) is 19.4 Å². The predicted octanol–water partition coefficient (Wildman–Crippen LogP) is 3.99. The van der Waals surface area contributed by atoms with Crippen molar-refractivity contribution >= 4 is 22.5 Å². The van der Waals surface area contributed by atoms with Gasteiger partial charge in [-0.15, -0.1) is 5.10 Å². The monoisotopic (exact) mass is 395 g/mol. The molecule has 4 rings (SSSR count). The van der Waals surface area contributed by atoms with Crippen LogP contribution in [-0.2, 0) is 13.0 Å². The van der Waals surface area contributed by atoms with E-state index in [2.05, 4.69) is 25.6 Å². The molecule has 0 aliphatic heterocycles. The Labute approximate surface area is 166 Å². The number of nitrogens with one attached hydrogen (secondary N) is 1. The number of aromatic amines is 1. The summed E-state index contributed by atoms with van der Waals surface area (Å²) in [4.78, 5) is 4.60. The van der Waals surface area contributed by atoms with Crippen LogP contribution in [0.5, 0.6) is 11.5 Å². The number of tetrazole rings is 1. The van der Waals surface area contributed by atoms with Gasteiger partial charge in [0.2, 0.25) is 0 Å². The number of H-pyrrole nitrogens is 1. The zero-order valence-electron chi connectivity index (χ0n) is 15.0. The Kier molecular flexibility index (Phi) is 5.63. The first-order chi connectivity index (χ1) is 13.8. The number of fused-ring (bicyclic) bond motifs is 1. The lowest BCUT2D eigenvalue weighted by atomic mass is 10.2. The summed E-state index contributed by atoms with van der Waals surface area (Å²) in [5, 5.41) is 15.4. The number of hydrogen-bond donors (Lipinski definition) is 1. The largest absolute Gasteiger partial charge is 0.493 e. The van der Waals surface area contributed by atoms with E-state index >= 15 is 0 Å². The molecule has 0 fully saturated rings. The molecule has 2 heterocycles. The summed E-state index contributed by atoms with van der Waals surface area (Å²) in [7, 11) is 0. The van der Waals surface area contributed by atoms with Crippen molar-refractivity contribution in [1.82, 2.24) is 25.6 Å². The van der Waals surface area contributed by atoms with Gasteiger partial charge >= 0.3 is 0 Å². The van der Waals surface area contributed by atoms with E-state index in [9.17, 15) is 0 Å². The van der Waals surface area contributed by atoms with Gasteiger partial charge in [0.25, 0.3) is 0 Å². The van der Waals surface area contributed by atoms with Crippen molar-refractivity contribution < 1.29 is 9.47 Å². The van der Waals surface area contributed by atoms with Crippen molar-refractivity contribution in [3.63, 3.8) is 0 Å². The molecular weight excluding hydrogens is 378 g/mol. The van der Waals surface area contributed by atoms with Crippen molar-refractivity contribution in [3.8, 4) is 11.5 Å². The van der Waals surface area contributed by atoms with Crippen molar-refractivity contribution in [3.05, 3.63) is 71.1 Å². The normalized spacial score (nSPS) is 10.9. The minimum Gasteiger partial charge on any atom is -0.493 e. The molecular formula is C20H18ClN5O2. The molecule has 28 heavy (non-hydrogen) atoms. The van der Waals surface area contributed by atoms with Crippen LogP contribution in [0.1, 0.15) is 17.9 Å². The summed E-state index contributed by atoms with van der Waals surface area (Å²) < 4.78 is 11.6. The fraction of sp³-hybridized carbons (Fsp3) is 0.200. The number of ether oxygens (including phenoxy) is 2. The maximum Gasteiger partial charge on any atom is 0.148 e. The lowest BCUT2D eigenvalue weighted by Gasteiger charge is -2.10. The first-order valence-electron chi connectivity index (χ1n) is 8.90. The van der Waals surface area contributed by atoms with Crippen molar-refractivity contribution in [2.24, 2.45) is 0 Å². The predicted molar refractivity (Wildman–Crippen MR) is 106 cm³/mol. The molecule has 2 aromatic heterocycles. The van der Waals surface area contributed by atoms with E-state index in [0.717, 1.165) is 46.8 Å². The first-order valence-corrected chi connectivity index (χ1v) is 9.27. The Morgan fingerprint density at radius 3 is 2.71 bits per heavy atom. The van der Waals surface area contributed by atoms with Crippen LogP contribution in [-0.4, -0.2) is 32.2 Å². The van der Waals surface area contributed by atoms with E-state index in [-0.39, 0.29) is 0 Å². The summed E-state index contributed by atoms with van der Waals surface area (Å²) in [5.74, 6) is 2.25. The number of benzene rings is 2. The third-order valence-corrected chi connectivity index (χ3v) is 4.35. The highest BCUT2D eigenvalue weighted by molar-refractivity contribution is 6.31. The highest BCUT2D eigenvalue weighted by Crippen LogP contribution is 2.22. The molecule has 0 aliphatic carbocycles. The second-order valence-corrected chi connectivity index (χ2v) is 6.64. The highest BCUT2D eigenvalue weighted by atomic mass is 35.5. The molecule has 0 amide bonds. The van der Waals surface area contributed by atoms with Crippen LogP contribution < -0.4 is 9.47 Å². The highest BCUT2D eigenvalue weighted by Gasteiger charge is 2.03. The summed E-state index contributed by atoms with van der Waals surface area (Å²) in [5.41, 5.74) is 1.74. The van der Waals surface area contributed by atoms with E-state index in [1.54, 1.807) is 0 Å². The van der Waals surface area contributed by atoms with Crippen LogP contribution in [0.2, 0.25) is 5.02 Å². The molecule has 8 heteroatoms. The van der Waals surface area contributed by atoms with Gasteiger partial charge in [-0.05, 0) is 53.2 Å². The van der Waals surface area contributed by atoms with E-state index in [1.165, 1.54) is 0 Å². The molecule has 0 bridgehead atoms. The van der Waals surface area contributed by atoms with Gasteiger partial charge in [0.1, 0.15) is 23.9 Å². The van der Waals surface area contributed by atoms with Gasteiger partial charge in [-0.1, -0.05) is 23.7 Å². The molecule has 0 atom stereocenters. The molecule has 0 aliphatic rings. The van der Waals surface area contributed by atoms with Crippen LogP contribution in [0.3, 0.4) is 0 Å². The number of rotatable bonds is 8. The zero-order chi connectivity index (χ0) is 19.2. The Bertz CT molecular complexity index is 1060. The summed E-state index contributed by atoms with van der Waals surface area (Å²) in [6.07, 6.45) is 1.55. The molecule has 0 radical (unpaired) electrons. The van der Waals surface area contributed by atoms with Gasteiger partial charge in [0.15, 0.2) is 0 Å². The van der Waals surface area contributed by atoms with Crippen LogP contribution >= 0.6 is 11.6 Å². The van der Waals surface area contributed by atoms with Crippen LogP contribution in [0.25, 0.3) is 10.9 Å². The van der Waals surface area contributed by atoms with Crippen LogP contribution in [0.4, 0.5) is 0 Å². The molecule has 4 aromatic rings. The fourth-order valence-corrected chi connectivity index (χ4v) is 2.92. The van der Waals surface area contributed by atoms with Gasteiger partial charge in [-0.2, -0.15) is 0 Å². The molecule has 0 saturated heterocycles. The third-order valence-electron chi connectivity index (χ3n) is 4.12. The Morgan fingerprint density at radius 1 is 0.964 bits per heavy atom. The minimum absolute atomic E-state index is 0.376. The smallest absolute Gasteiger partial charge is 0.148 e. The number of aromatic nitrogens is 5. The lowest BCUT2D eigenvalue weighted by Crippen LogP contribution is -2.01. The van der Waals surface area contributed by atoms with Gasteiger partial charge in [-0.3, -0.25) is 0 Å². The molecule has 0 spiro atoms. The van der Waals surface area contributed by atoms with Crippen LogP contribution in [0.15, 0.2) is 54.6 Å². The van der Waals surface area contributed by atoms with Gasteiger partial charge in [0.05, 0.1) is 17.8 Å². The molecule has 142 valence electrons. The lowest BCUT2D eigenvalue weighted by molar-refractivity contribution is 0.290. The molecule has 7 nitrogen and oxygen atoms in total. The number of halogens is 1. The summed E-state index contributed by atoms with van der Waals surface area (Å²) >= 11 is 6.01. The maximum atomic E-state index is 6.01. The van der Waals surface area contributed by atoms with Crippen molar-refractivity contribution in [2.75, 3.05) is 6.61 Å². The van der Waals surface area contributed by atoms with Crippen molar-refractivity contribution in [1.29, 1.82) is 0 Å². The molecule has 0 saturated carbocycles. The third kappa shape index (κ3) is 4.75. The summed E-state index contributed by atoms with van der Waals surface area (Å²) in [6, 6.07) is 17.2. The second-order valence-electron chi connectivity index (χ2n) is 6.20. The first kappa shape index (κ1) is 18.2. The zero-order valence-corrected chi connectivity index (χ0v) is 15.8. The number of hydrogen-bond acceptors (Lipinski definition) is 6. The topological polar surface area (TPSA) is 85.8 Å². The number of pyridine rings is 1. The number of aryl methyl sites for hydroxylation is 1. The quantitative estimate of drug-likeness (QED) is 0.454. The molecule has 2 aromatic carbocycles. The SMILES string of the molecule is Clc1ccc2nc(COc3cccc(OCCCc4nnn[nH]4)c3)ccc2c1. The fourth-order valence-electron chi connectivity index (χ4n) is 2.74. The van der Waals surface area contributed by atoms with E-state index in [1.807, 2.05) is 54.6 Å².